The molecule has 8 heteroatoms. The van der Waals surface area contributed by atoms with Gasteiger partial charge in [0, 0.05) is 25.2 Å². The van der Waals surface area contributed by atoms with Gasteiger partial charge in [0.15, 0.2) is 17.2 Å². The molecule has 3 heterocycles. The molecule has 0 radical (unpaired) electrons. The first-order valence-corrected chi connectivity index (χ1v) is 10.6. The molecule has 7 nitrogen and oxygen atoms in total. The van der Waals surface area contributed by atoms with Crippen molar-refractivity contribution >= 4 is 17.4 Å². The number of carbonyl (C=O) groups excluding carboxylic acids is 1. The molecule has 1 aliphatic rings. The Hall–Kier alpha value is -3.94. The second kappa shape index (κ2) is 8.66. The molecule has 0 spiro atoms. The number of ether oxygens (including phenoxy) is 1. The molecule has 162 valence electrons. The SMILES string of the molecule is O=C(Nc1c(F)cccc1Oc1ccccc1)N1CCCC(c2nnc3ccccn23)C1. The highest BCUT2D eigenvalue weighted by atomic mass is 19.1. The van der Waals surface area contributed by atoms with Gasteiger partial charge in [-0.1, -0.05) is 30.3 Å². The van der Waals surface area contributed by atoms with Crippen LogP contribution in [0.25, 0.3) is 5.65 Å². The summed E-state index contributed by atoms with van der Waals surface area (Å²) in [5, 5.41) is 11.3. The minimum atomic E-state index is -0.552. The van der Waals surface area contributed by atoms with Crippen molar-refractivity contribution in [2.75, 3.05) is 18.4 Å². The summed E-state index contributed by atoms with van der Waals surface area (Å²) in [6.07, 6.45) is 3.65. The number of urea groups is 1. The maximum absolute atomic E-state index is 14.6. The average Bonchev–Trinajstić information content (AvgIpc) is 3.26. The molecule has 0 bridgehead atoms. The van der Waals surface area contributed by atoms with Crippen LogP contribution in [0.15, 0.2) is 72.9 Å². The summed E-state index contributed by atoms with van der Waals surface area (Å²) >= 11 is 0. The molecule has 1 atom stereocenters. The number of para-hydroxylation sites is 2. The fourth-order valence-electron chi connectivity index (χ4n) is 4.02. The molecule has 1 aliphatic heterocycles. The van der Waals surface area contributed by atoms with E-state index in [0.717, 1.165) is 24.3 Å². The quantitative estimate of drug-likeness (QED) is 0.490. The van der Waals surface area contributed by atoms with Crippen LogP contribution >= 0.6 is 0 Å². The number of amides is 2. The van der Waals surface area contributed by atoms with Crippen LogP contribution in [0.3, 0.4) is 0 Å². The van der Waals surface area contributed by atoms with Gasteiger partial charge in [-0.05, 0) is 49.2 Å². The molecule has 0 aliphatic carbocycles. The molecule has 1 N–H and O–H groups in total. The first kappa shape index (κ1) is 20.0. The number of halogens is 1. The van der Waals surface area contributed by atoms with Gasteiger partial charge in [0.2, 0.25) is 0 Å². The van der Waals surface area contributed by atoms with Crippen LogP contribution in [-0.2, 0) is 0 Å². The van der Waals surface area contributed by atoms with Crippen LogP contribution in [0.2, 0.25) is 0 Å². The summed E-state index contributed by atoms with van der Waals surface area (Å²) in [5.41, 5.74) is 0.800. The van der Waals surface area contributed by atoms with Gasteiger partial charge in [-0.25, -0.2) is 9.18 Å². The van der Waals surface area contributed by atoms with Crippen LogP contribution in [0, 0.1) is 5.82 Å². The first-order chi connectivity index (χ1) is 15.7. The van der Waals surface area contributed by atoms with Gasteiger partial charge in [-0.15, -0.1) is 10.2 Å². The zero-order valence-electron chi connectivity index (χ0n) is 17.3. The smallest absolute Gasteiger partial charge is 0.322 e. The molecular weight excluding hydrogens is 409 g/mol. The number of hydrogen-bond donors (Lipinski definition) is 1. The van der Waals surface area contributed by atoms with Crippen LogP contribution in [0.1, 0.15) is 24.6 Å². The molecule has 1 fully saturated rings. The van der Waals surface area contributed by atoms with Gasteiger partial charge < -0.3 is 15.0 Å². The lowest BCUT2D eigenvalue weighted by Crippen LogP contribution is -2.42. The Kier molecular flexibility index (Phi) is 5.41. The van der Waals surface area contributed by atoms with Gasteiger partial charge in [-0.3, -0.25) is 4.40 Å². The summed E-state index contributed by atoms with van der Waals surface area (Å²) < 4.78 is 22.4. The predicted octanol–water partition coefficient (Wildman–Crippen LogP) is 5.07. The molecule has 0 saturated carbocycles. The number of benzene rings is 2. The lowest BCUT2D eigenvalue weighted by atomic mass is 9.97. The second-order valence-corrected chi connectivity index (χ2v) is 7.73. The van der Waals surface area contributed by atoms with Crippen LogP contribution in [0.5, 0.6) is 11.5 Å². The van der Waals surface area contributed by atoms with E-state index in [4.69, 9.17) is 4.74 Å². The van der Waals surface area contributed by atoms with Gasteiger partial charge in [-0.2, -0.15) is 0 Å². The van der Waals surface area contributed by atoms with E-state index in [1.165, 1.54) is 6.07 Å². The second-order valence-electron chi connectivity index (χ2n) is 7.73. The molecule has 2 aromatic carbocycles. The number of piperidine rings is 1. The molecule has 2 amide bonds. The predicted molar refractivity (Wildman–Crippen MR) is 118 cm³/mol. The Morgan fingerprint density at radius 3 is 2.75 bits per heavy atom. The fraction of sp³-hybridized carbons (Fsp3) is 0.208. The number of anilines is 1. The van der Waals surface area contributed by atoms with E-state index in [0.29, 0.717) is 18.8 Å². The minimum Gasteiger partial charge on any atom is -0.455 e. The largest absolute Gasteiger partial charge is 0.455 e. The van der Waals surface area contributed by atoms with Crippen molar-refractivity contribution in [1.82, 2.24) is 19.5 Å². The van der Waals surface area contributed by atoms with Crippen molar-refractivity contribution in [3.63, 3.8) is 0 Å². The monoisotopic (exact) mass is 431 g/mol. The van der Waals surface area contributed by atoms with E-state index in [-0.39, 0.29) is 23.4 Å². The highest BCUT2D eigenvalue weighted by Crippen LogP contribution is 2.33. The number of hydrogen-bond acceptors (Lipinski definition) is 4. The van der Waals surface area contributed by atoms with Gasteiger partial charge in [0.25, 0.3) is 0 Å². The van der Waals surface area contributed by atoms with Crippen molar-refractivity contribution in [3.8, 4) is 11.5 Å². The minimum absolute atomic E-state index is 0.0244. The highest BCUT2D eigenvalue weighted by molar-refractivity contribution is 5.91. The Labute approximate surface area is 184 Å². The molecule has 32 heavy (non-hydrogen) atoms. The zero-order chi connectivity index (χ0) is 21.9. The summed E-state index contributed by atoms with van der Waals surface area (Å²) in [4.78, 5) is 14.7. The van der Waals surface area contributed by atoms with E-state index in [2.05, 4.69) is 15.5 Å². The van der Waals surface area contributed by atoms with E-state index in [1.807, 2.05) is 47.0 Å². The average molecular weight is 431 g/mol. The van der Waals surface area contributed by atoms with Crippen molar-refractivity contribution in [1.29, 1.82) is 0 Å². The molecule has 4 aromatic rings. The van der Waals surface area contributed by atoms with E-state index < -0.39 is 5.82 Å². The van der Waals surface area contributed by atoms with E-state index in [9.17, 15) is 9.18 Å². The summed E-state index contributed by atoms with van der Waals surface area (Å²) in [5.74, 6) is 1.14. The van der Waals surface area contributed by atoms with Gasteiger partial charge in [0.1, 0.15) is 17.3 Å². The summed E-state index contributed by atoms with van der Waals surface area (Å²) in [6, 6.07) is 18.9. The van der Waals surface area contributed by atoms with E-state index >= 15 is 0 Å². The number of nitrogens with zero attached hydrogens (tertiary/aromatic N) is 4. The Balaban J connectivity index is 1.34. The van der Waals surface area contributed by atoms with Gasteiger partial charge in [0.05, 0.1) is 0 Å². The number of rotatable bonds is 4. The zero-order valence-corrected chi connectivity index (χ0v) is 17.3. The van der Waals surface area contributed by atoms with Gasteiger partial charge >= 0.3 is 6.03 Å². The van der Waals surface area contributed by atoms with Crippen molar-refractivity contribution in [2.24, 2.45) is 0 Å². The lowest BCUT2D eigenvalue weighted by molar-refractivity contribution is 0.191. The summed E-state index contributed by atoms with van der Waals surface area (Å²) in [6.45, 7) is 1.06. The fourth-order valence-corrected chi connectivity index (χ4v) is 4.02. The Bertz CT molecular complexity index is 1240. The number of nitrogens with one attached hydrogen (secondary N) is 1. The van der Waals surface area contributed by atoms with Crippen LogP contribution < -0.4 is 10.1 Å². The number of aromatic nitrogens is 3. The van der Waals surface area contributed by atoms with E-state index in [1.54, 1.807) is 29.2 Å². The molecular formula is C24H22FN5O2. The Morgan fingerprint density at radius 1 is 1.03 bits per heavy atom. The molecule has 1 saturated heterocycles. The highest BCUT2D eigenvalue weighted by Gasteiger charge is 2.28. The molecule has 1 unspecified atom stereocenters. The van der Waals surface area contributed by atoms with Crippen molar-refractivity contribution in [2.45, 2.75) is 18.8 Å². The van der Waals surface area contributed by atoms with Crippen LogP contribution in [-0.4, -0.2) is 38.6 Å². The standard InChI is InChI=1S/C24H22FN5O2/c25-19-11-6-12-20(32-18-9-2-1-3-10-18)22(19)26-24(31)29-14-7-8-17(16-29)23-28-27-21-13-4-5-15-30(21)23/h1-6,9-13,15,17H,7-8,14,16H2,(H,26,31). The maximum atomic E-state index is 14.6. The topological polar surface area (TPSA) is 71.8 Å². The number of pyridine rings is 1. The lowest BCUT2D eigenvalue weighted by Gasteiger charge is -2.32. The third kappa shape index (κ3) is 3.99. The van der Waals surface area contributed by atoms with Crippen LogP contribution in [0.4, 0.5) is 14.9 Å². The van der Waals surface area contributed by atoms with Crippen molar-refractivity contribution in [3.05, 3.63) is 84.6 Å². The normalized spacial score (nSPS) is 16.2. The number of likely N-dealkylation sites (tertiary alicyclic amines) is 1. The number of fused-ring (bicyclic) bond motifs is 1. The maximum Gasteiger partial charge on any atom is 0.322 e. The Morgan fingerprint density at radius 2 is 1.88 bits per heavy atom. The third-order valence-corrected chi connectivity index (χ3v) is 5.59. The first-order valence-electron chi connectivity index (χ1n) is 10.6. The molecule has 5 rings (SSSR count). The van der Waals surface area contributed by atoms with Crippen molar-refractivity contribution < 1.29 is 13.9 Å². The summed E-state index contributed by atoms with van der Waals surface area (Å²) in [7, 11) is 0. The number of carbonyl (C=O) groups is 1. The third-order valence-electron chi connectivity index (χ3n) is 5.59. The molecule has 2 aromatic heterocycles.